The van der Waals surface area contributed by atoms with Crippen LogP contribution in [-0.4, -0.2) is 46.9 Å². The molecule has 1 aliphatic heterocycles. The van der Waals surface area contributed by atoms with Gasteiger partial charge in [-0.1, -0.05) is 42.5 Å². The molecule has 7 nitrogen and oxygen atoms in total. The van der Waals surface area contributed by atoms with Crippen LogP contribution in [0.25, 0.3) is 11.1 Å². The van der Waals surface area contributed by atoms with Crippen molar-refractivity contribution in [1.29, 1.82) is 0 Å². The Kier molecular flexibility index (Phi) is 8.20. The minimum Gasteiger partial charge on any atom is -0.469 e. The summed E-state index contributed by atoms with van der Waals surface area (Å²) in [5.41, 5.74) is 1.97. The van der Waals surface area contributed by atoms with Crippen molar-refractivity contribution in [2.75, 3.05) is 20.2 Å². The van der Waals surface area contributed by atoms with Gasteiger partial charge in [0.1, 0.15) is 6.23 Å². The zero-order valence-electron chi connectivity index (χ0n) is 17.3. The maximum absolute atomic E-state index is 12.8. The van der Waals surface area contributed by atoms with Crippen molar-refractivity contribution in [2.45, 2.75) is 36.5 Å². The topological polar surface area (TPSA) is 93.7 Å². The van der Waals surface area contributed by atoms with E-state index < -0.39 is 16.3 Å². The smallest absolute Gasteiger partial charge is 0.306 e. The number of benzene rings is 2. The van der Waals surface area contributed by atoms with Gasteiger partial charge in [0.25, 0.3) is 0 Å². The molecule has 0 aliphatic carbocycles. The highest BCUT2D eigenvalue weighted by Crippen LogP contribution is 2.21. The molecule has 0 saturated carbocycles. The molecule has 2 atom stereocenters. The highest BCUT2D eigenvalue weighted by molar-refractivity contribution is 7.89. The van der Waals surface area contributed by atoms with Crippen LogP contribution in [0.2, 0.25) is 0 Å². The van der Waals surface area contributed by atoms with Crippen molar-refractivity contribution in [3.05, 3.63) is 54.6 Å². The molecule has 0 amide bonds. The van der Waals surface area contributed by atoms with Crippen LogP contribution in [0.15, 0.2) is 59.5 Å². The molecular weight excluding hydrogens is 416 g/mol. The summed E-state index contributed by atoms with van der Waals surface area (Å²) in [5, 5.41) is 3.16. The van der Waals surface area contributed by atoms with Crippen LogP contribution in [0, 0.1) is 11.8 Å². The Balaban J connectivity index is 1.54. The number of hydrogen-bond acceptors (Lipinski definition) is 6. The van der Waals surface area contributed by atoms with Gasteiger partial charge in [-0.3, -0.25) is 4.79 Å². The average molecular weight is 443 g/mol. The summed E-state index contributed by atoms with van der Waals surface area (Å²) in [7, 11) is -2.38. The molecule has 2 N–H and O–H groups in total. The largest absolute Gasteiger partial charge is 0.469 e. The molecule has 0 aromatic heterocycles. The summed E-state index contributed by atoms with van der Waals surface area (Å²) in [6.07, 6.45) is 0.181. The van der Waals surface area contributed by atoms with Crippen molar-refractivity contribution in [1.82, 2.24) is 10.0 Å². The molecule has 1 fully saturated rings. The second kappa shape index (κ2) is 11.1. The number of esters is 1. The van der Waals surface area contributed by atoms with Crippen LogP contribution in [0.4, 0.5) is 0 Å². The van der Waals surface area contributed by atoms with E-state index in [2.05, 4.69) is 26.6 Å². The molecule has 2 aromatic carbocycles. The van der Waals surface area contributed by atoms with E-state index >= 15 is 0 Å². The van der Waals surface area contributed by atoms with E-state index in [1.165, 1.54) is 7.11 Å². The maximum atomic E-state index is 12.8. The van der Waals surface area contributed by atoms with Crippen LogP contribution < -0.4 is 10.0 Å². The Labute approximate surface area is 183 Å². The molecule has 0 spiro atoms. The normalized spacial score (nSPS) is 18.6. The van der Waals surface area contributed by atoms with Gasteiger partial charge in [-0.05, 0) is 23.3 Å². The van der Waals surface area contributed by atoms with Crippen molar-refractivity contribution >= 4 is 16.0 Å². The van der Waals surface area contributed by atoms with Gasteiger partial charge in [-0.2, -0.15) is 4.72 Å². The molecule has 1 heterocycles. The van der Waals surface area contributed by atoms with E-state index in [9.17, 15) is 13.2 Å². The number of methoxy groups -OCH3 is 1. The fraction of sp³-hybridized carbons (Fsp3) is 0.348. The number of rotatable bonds is 7. The molecule has 8 heteroatoms. The van der Waals surface area contributed by atoms with E-state index in [-0.39, 0.29) is 23.4 Å². The molecule has 31 heavy (non-hydrogen) atoms. The number of ether oxygens (including phenoxy) is 2. The van der Waals surface area contributed by atoms with Gasteiger partial charge >= 0.3 is 5.97 Å². The first-order valence-corrected chi connectivity index (χ1v) is 11.5. The number of hydrogen-bond donors (Lipinski definition) is 2. The lowest BCUT2D eigenvalue weighted by atomic mass is 10.1. The minimum absolute atomic E-state index is 0.181. The first-order valence-electron chi connectivity index (χ1n) is 10.0. The standard InChI is InChI=1S/C23H26N2O5S/c1-29-23(26)11-7-3-6-10-20-16-24-17-22(30-20)25-31(27,28)21-14-12-19(13-15-21)18-8-4-2-5-9-18/h2,4-5,8-9,12-15,20,22,24-25H,7,10-11,16-17H2,1H3. The molecule has 164 valence electrons. The highest BCUT2D eigenvalue weighted by atomic mass is 32.2. The Bertz CT molecular complexity index is 1030. The maximum Gasteiger partial charge on any atom is 0.306 e. The summed E-state index contributed by atoms with van der Waals surface area (Å²) in [6.45, 7) is 0.948. The summed E-state index contributed by atoms with van der Waals surface area (Å²) in [5.74, 6) is 5.58. The van der Waals surface area contributed by atoms with Crippen molar-refractivity contribution in [3.8, 4) is 23.0 Å². The second-order valence-corrected chi connectivity index (χ2v) is 8.76. The van der Waals surface area contributed by atoms with Crippen LogP contribution in [0.3, 0.4) is 0 Å². The van der Waals surface area contributed by atoms with Crippen molar-refractivity contribution in [3.63, 3.8) is 0 Å². The van der Waals surface area contributed by atoms with E-state index in [1.54, 1.807) is 24.3 Å². The lowest BCUT2D eigenvalue weighted by Gasteiger charge is -2.30. The first-order chi connectivity index (χ1) is 15.0. The minimum atomic E-state index is -3.73. The van der Waals surface area contributed by atoms with Crippen LogP contribution >= 0.6 is 0 Å². The van der Waals surface area contributed by atoms with Gasteiger partial charge in [0.15, 0.2) is 0 Å². The zero-order chi connectivity index (χ0) is 22.1. The molecule has 3 rings (SSSR count). The van der Waals surface area contributed by atoms with Gasteiger partial charge in [0.2, 0.25) is 10.0 Å². The summed E-state index contributed by atoms with van der Waals surface area (Å²) < 4.78 is 38.5. The molecule has 0 bridgehead atoms. The second-order valence-electron chi connectivity index (χ2n) is 7.05. The highest BCUT2D eigenvalue weighted by Gasteiger charge is 2.26. The Hall–Kier alpha value is -2.70. The SMILES string of the molecule is COC(=O)CCC#CCC1CNCC(NS(=O)(=O)c2ccc(-c3ccccc3)cc2)O1. The van der Waals surface area contributed by atoms with Crippen molar-refractivity contribution in [2.24, 2.45) is 0 Å². The monoisotopic (exact) mass is 442 g/mol. The quantitative estimate of drug-likeness (QED) is 0.505. The van der Waals surface area contributed by atoms with Gasteiger partial charge < -0.3 is 14.8 Å². The third kappa shape index (κ3) is 6.91. The molecule has 2 unspecified atom stereocenters. The summed E-state index contributed by atoms with van der Waals surface area (Å²) in [6, 6.07) is 16.5. The van der Waals surface area contributed by atoms with Gasteiger partial charge in [-0.15, -0.1) is 11.8 Å². The number of carbonyl (C=O) groups is 1. The molecule has 2 aromatic rings. The Morgan fingerprint density at radius 1 is 1.10 bits per heavy atom. The summed E-state index contributed by atoms with van der Waals surface area (Å²) >= 11 is 0. The van der Waals surface area contributed by atoms with Gasteiger partial charge in [-0.25, -0.2) is 8.42 Å². The van der Waals surface area contributed by atoms with E-state index in [0.717, 1.165) is 11.1 Å². The van der Waals surface area contributed by atoms with Crippen LogP contribution in [-0.2, 0) is 24.3 Å². The number of morpholine rings is 1. The predicted molar refractivity (Wildman–Crippen MR) is 117 cm³/mol. The lowest BCUT2D eigenvalue weighted by molar-refractivity contribution is -0.140. The average Bonchev–Trinajstić information content (AvgIpc) is 2.79. The van der Waals surface area contributed by atoms with E-state index in [0.29, 0.717) is 25.9 Å². The van der Waals surface area contributed by atoms with E-state index in [4.69, 9.17) is 4.74 Å². The number of nitrogens with one attached hydrogen (secondary N) is 2. The molecular formula is C23H26N2O5S. The fourth-order valence-electron chi connectivity index (χ4n) is 3.13. The first kappa shape index (κ1) is 23.0. The summed E-state index contributed by atoms with van der Waals surface area (Å²) in [4.78, 5) is 11.3. The Morgan fingerprint density at radius 3 is 2.52 bits per heavy atom. The molecule has 1 aliphatic rings. The predicted octanol–water partition coefficient (Wildman–Crippen LogP) is 2.29. The number of carbonyl (C=O) groups excluding carboxylic acids is 1. The zero-order valence-corrected chi connectivity index (χ0v) is 18.2. The third-order valence-electron chi connectivity index (χ3n) is 4.75. The third-order valence-corrected chi connectivity index (χ3v) is 6.22. The fourth-order valence-corrected chi connectivity index (χ4v) is 4.25. The van der Waals surface area contributed by atoms with Gasteiger partial charge in [0, 0.05) is 25.9 Å². The van der Waals surface area contributed by atoms with Gasteiger partial charge in [0.05, 0.1) is 24.5 Å². The molecule has 1 saturated heterocycles. The lowest BCUT2D eigenvalue weighted by Crippen LogP contribution is -2.52. The van der Waals surface area contributed by atoms with Crippen LogP contribution in [0.1, 0.15) is 19.3 Å². The molecule has 0 radical (unpaired) electrons. The van der Waals surface area contributed by atoms with Crippen LogP contribution in [0.5, 0.6) is 0 Å². The van der Waals surface area contributed by atoms with Crippen molar-refractivity contribution < 1.29 is 22.7 Å². The van der Waals surface area contributed by atoms with E-state index in [1.807, 2.05) is 30.3 Å². The Morgan fingerprint density at radius 2 is 1.81 bits per heavy atom. The number of sulfonamides is 1.